The minimum Gasteiger partial charge on any atom is -0.508 e. The predicted octanol–water partition coefficient (Wildman–Crippen LogP) is 0.432. The van der Waals surface area contributed by atoms with E-state index in [-0.39, 0.29) is 18.3 Å². The fourth-order valence-corrected chi connectivity index (χ4v) is 1.31. The summed E-state index contributed by atoms with van der Waals surface area (Å²) < 4.78 is 0. The molecule has 0 radical (unpaired) electrons. The molecule has 0 bridgehead atoms. The lowest BCUT2D eigenvalue weighted by Gasteiger charge is -2.08. The van der Waals surface area contributed by atoms with Crippen LogP contribution in [-0.2, 0) is 11.3 Å². The summed E-state index contributed by atoms with van der Waals surface area (Å²) in [6.07, 6.45) is 0. The third kappa shape index (κ3) is 3.88. The number of aliphatic hydroxyl groups is 1. The van der Waals surface area contributed by atoms with E-state index in [0.717, 1.165) is 0 Å². The van der Waals surface area contributed by atoms with E-state index >= 15 is 0 Å². The Kier molecular flexibility index (Phi) is 4.75. The molecule has 0 aliphatic carbocycles. The zero-order valence-corrected chi connectivity index (χ0v) is 9.16. The third-order valence-corrected chi connectivity index (χ3v) is 2.00. The van der Waals surface area contributed by atoms with Crippen molar-refractivity contribution in [2.45, 2.75) is 13.5 Å². The minimum absolute atomic E-state index is 0.0478. The summed E-state index contributed by atoms with van der Waals surface area (Å²) in [7, 11) is 0. The Balaban J connectivity index is 2.70. The van der Waals surface area contributed by atoms with Crippen molar-refractivity contribution in [2.75, 3.05) is 18.5 Å². The molecule has 0 atom stereocenters. The number of anilines is 1. The Labute approximate surface area is 94.1 Å². The van der Waals surface area contributed by atoms with Crippen molar-refractivity contribution in [3.63, 3.8) is 0 Å². The van der Waals surface area contributed by atoms with E-state index in [2.05, 4.69) is 10.6 Å². The van der Waals surface area contributed by atoms with Gasteiger partial charge in [-0.3, -0.25) is 4.79 Å². The van der Waals surface area contributed by atoms with Crippen molar-refractivity contribution in [1.29, 1.82) is 0 Å². The number of carbonyl (C=O) groups excluding carboxylic acids is 1. The first-order valence-corrected chi connectivity index (χ1v) is 5.04. The first-order valence-electron chi connectivity index (χ1n) is 5.04. The Bertz CT molecular complexity index is 366. The topological polar surface area (TPSA) is 81.6 Å². The molecule has 4 N–H and O–H groups in total. The molecule has 0 unspecified atom stereocenters. The van der Waals surface area contributed by atoms with Gasteiger partial charge in [-0.15, -0.1) is 0 Å². The van der Waals surface area contributed by atoms with Gasteiger partial charge in [0.1, 0.15) is 5.75 Å². The normalized spacial score (nSPS) is 10.1. The van der Waals surface area contributed by atoms with Crippen LogP contribution < -0.4 is 10.6 Å². The molecule has 1 amide bonds. The lowest BCUT2D eigenvalue weighted by molar-refractivity contribution is -0.114. The van der Waals surface area contributed by atoms with Gasteiger partial charge in [-0.05, 0) is 18.2 Å². The second kappa shape index (κ2) is 6.09. The molecule has 16 heavy (non-hydrogen) atoms. The van der Waals surface area contributed by atoms with Gasteiger partial charge in [0.05, 0.1) is 6.61 Å². The highest BCUT2D eigenvalue weighted by atomic mass is 16.3. The SMILES string of the molecule is CC(=O)Nc1ccc(O)c(CNCCO)c1. The number of nitrogens with one attached hydrogen (secondary N) is 2. The zero-order chi connectivity index (χ0) is 12.0. The monoisotopic (exact) mass is 224 g/mol. The standard InChI is InChI=1S/C11H16N2O3/c1-8(15)13-10-2-3-11(16)9(6-10)7-12-4-5-14/h2-3,6,12,14,16H,4-5,7H2,1H3,(H,13,15). The Morgan fingerprint density at radius 3 is 2.81 bits per heavy atom. The van der Waals surface area contributed by atoms with Crippen molar-refractivity contribution in [3.05, 3.63) is 23.8 Å². The average Bonchev–Trinajstić information content (AvgIpc) is 2.22. The quantitative estimate of drug-likeness (QED) is 0.432. The molecule has 88 valence electrons. The molecule has 1 aromatic carbocycles. The number of benzene rings is 1. The van der Waals surface area contributed by atoms with Crippen LogP contribution in [0.3, 0.4) is 0 Å². The first kappa shape index (κ1) is 12.5. The highest BCUT2D eigenvalue weighted by molar-refractivity contribution is 5.88. The van der Waals surface area contributed by atoms with E-state index in [1.54, 1.807) is 12.1 Å². The molecule has 1 aromatic rings. The average molecular weight is 224 g/mol. The van der Waals surface area contributed by atoms with Crippen molar-refractivity contribution < 1.29 is 15.0 Å². The molecule has 0 fully saturated rings. The Morgan fingerprint density at radius 2 is 2.19 bits per heavy atom. The largest absolute Gasteiger partial charge is 0.508 e. The van der Waals surface area contributed by atoms with Crippen LogP contribution in [0, 0.1) is 0 Å². The van der Waals surface area contributed by atoms with E-state index in [1.807, 2.05) is 0 Å². The Hall–Kier alpha value is -1.59. The first-order chi connectivity index (χ1) is 7.63. The molecular weight excluding hydrogens is 208 g/mol. The van der Waals surface area contributed by atoms with Gasteiger partial charge in [0.15, 0.2) is 0 Å². The maximum atomic E-state index is 10.8. The number of aliphatic hydroxyl groups excluding tert-OH is 1. The molecule has 0 aliphatic rings. The number of phenols is 1. The minimum atomic E-state index is -0.153. The number of amides is 1. The van der Waals surface area contributed by atoms with E-state index in [4.69, 9.17) is 5.11 Å². The van der Waals surface area contributed by atoms with Crippen LogP contribution >= 0.6 is 0 Å². The van der Waals surface area contributed by atoms with E-state index < -0.39 is 0 Å². The van der Waals surface area contributed by atoms with E-state index in [1.165, 1.54) is 13.0 Å². The lowest BCUT2D eigenvalue weighted by Crippen LogP contribution is -2.17. The summed E-state index contributed by atoms with van der Waals surface area (Å²) in [6.45, 7) is 2.38. The molecular formula is C11H16N2O3. The summed E-state index contributed by atoms with van der Waals surface area (Å²) in [5.74, 6) is 0.0134. The molecule has 0 aromatic heterocycles. The van der Waals surface area contributed by atoms with Crippen LogP contribution in [0.4, 0.5) is 5.69 Å². The number of rotatable bonds is 5. The molecule has 0 saturated carbocycles. The fraction of sp³-hybridized carbons (Fsp3) is 0.364. The van der Waals surface area contributed by atoms with Crippen LogP contribution in [0.2, 0.25) is 0 Å². The highest BCUT2D eigenvalue weighted by Gasteiger charge is 2.03. The second-order valence-electron chi connectivity index (χ2n) is 3.43. The van der Waals surface area contributed by atoms with Crippen molar-refractivity contribution in [1.82, 2.24) is 5.32 Å². The number of aromatic hydroxyl groups is 1. The summed E-state index contributed by atoms with van der Waals surface area (Å²) >= 11 is 0. The van der Waals surface area contributed by atoms with Crippen LogP contribution in [0.5, 0.6) is 5.75 Å². The summed E-state index contributed by atoms with van der Waals surface area (Å²) in [5, 5.41) is 23.7. The van der Waals surface area contributed by atoms with Gasteiger partial charge in [0.25, 0.3) is 0 Å². The molecule has 0 saturated heterocycles. The maximum Gasteiger partial charge on any atom is 0.221 e. The van der Waals surface area contributed by atoms with Crippen molar-refractivity contribution >= 4 is 11.6 Å². The van der Waals surface area contributed by atoms with Crippen LogP contribution in [0.15, 0.2) is 18.2 Å². The molecule has 0 aliphatic heterocycles. The number of hydrogen-bond acceptors (Lipinski definition) is 4. The van der Waals surface area contributed by atoms with Gasteiger partial charge >= 0.3 is 0 Å². The predicted molar refractivity (Wildman–Crippen MR) is 61.2 cm³/mol. The zero-order valence-electron chi connectivity index (χ0n) is 9.16. The number of hydrogen-bond donors (Lipinski definition) is 4. The van der Waals surface area contributed by atoms with Crippen molar-refractivity contribution in [3.8, 4) is 5.75 Å². The smallest absolute Gasteiger partial charge is 0.221 e. The number of phenolic OH excluding ortho intramolecular Hbond substituents is 1. The highest BCUT2D eigenvalue weighted by Crippen LogP contribution is 2.21. The fourth-order valence-electron chi connectivity index (χ4n) is 1.31. The van der Waals surface area contributed by atoms with Gasteiger partial charge in [-0.25, -0.2) is 0 Å². The lowest BCUT2D eigenvalue weighted by atomic mass is 10.1. The maximum absolute atomic E-state index is 10.8. The van der Waals surface area contributed by atoms with Crippen LogP contribution in [0.1, 0.15) is 12.5 Å². The summed E-state index contributed by atoms with van der Waals surface area (Å²) in [5.41, 5.74) is 1.32. The number of carbonyl (C=O) groups is 1. The van der Waals surface area contributed by atoms with E-state index in [0.29, 0.717) is 24.3 Å². The third-order valence-electron chi connectivity index (χ3n) is 2.00. The molecule has 5 heteroatoms. The van der Waals surface area contributed by atoms with Gasteiger partial charge < -0.3 is 20.8 Å². The van der Waals surface area contributed by atoms with Gasteiger partial charge in [0.2, 0.25) is 5.91 Å². The van der Waals surface area contributed by atoms with Gasteiger partial charge in [-0.2, -0.15) is 0 Å². The Morgan fingerprint density at radius 1 is 1.44 bits per heavy atom. The van der Waals surface area contributed by atoms with Gasteiger partial charge in [-0.1, -0.05) is 0 Å². The molecule has 0 heterocycles. The van der Waals surface area contributed by atoms with Crippen molar-refractivity contribution in [2.24, 2.45) is 0 Å². The summed E-state index contributed by atoms with van der Waals surface area (Å²) in [4.78, 5) is 10.8. The van der Waals surface area contributed by atoms with Gasteiger partial charge in [0, 0.05) is 31.3 Å². The molecule has 5 nitrogen and oxygen atoms in total. The van der Waals surface area contributed by atoms with E-state index in [9.17, 15) is 9.90 Å². The molecule has 1 rings (SSSR count). The second-order valence-corrected chi connectivity index (χ2v) is 3.43. The van der Waals surface area contributed by atoms with Crippen LogP contribution in [0.25, 0.3) is 0 Å². The van der Waals surface area contributed by atoms with Crippen LogP contribution in [-0.4, -0.2) is 29.3 Å². The summed E-state index contributed by atoms with van der Waals surface area (Å²) in [6, 6.07) is 4.86. The molecule has 0 spiro atoms.